The van der Waals surface area contributed by atoms with Crippen LogP contribution in [-0.4, -0.2) is 45.6 Å². The van der Waals surface area contributed by atoms with E-state index in [1.165, 1.54) is 0 Å². The molecule has 0 unspecified atom stereocenters. The first-order valence-electron chi connectivity index (χ1n) is 7.13. The molecule has 0 aliphatic heterocycles. The molecule has 0 radical (unpaired) electrons. The zero-order valence-electron chi connectivity index (χ0n) is 14.0. The van der Waals surface area contributed by atoms with Crippen LogP contribution in [0.1, 0.15) is 26.3 Å². The maximum Gasteiger partial charge on any atom is 0.242 e. The van der Waals surface area contributed by atoms with Gasteiger partial charge in [0.1, 0.15) is 0 Å². The Hall–Kier alpha value is -1.31. The fraction of sp³-hybridized carbons (Fsp3) is 0.643. The van der Waals surface area contributed by atoms with Gasteiger partial charge in [-0.25, -0.2) is 0 Å². The summed E-state index contributed by atoms with van der Waals surface area (Å²) in [6.45, 7) is 6.65. The molecule has 0 aliphatic rings. The second-order valence-corrected chi connectivity index (χ2v) is 5.42. The summed E-state index contributed by atoms with van der Waals surface area (Å²) in [4.78, 5) is 25.5. The van der Waals surface area contributed by atoms with E-state index in [1.54, 1.807) is 15.8 Å². The molecule has 7 nitrogen and oxygen atoms in total. The van der Waals surface area contributed by atoms with Crippen molar-refractivity contribution in [1.29, 1.82) is 0 Å². The molecule has 1 aromatic rings. The predicted molar refractivity (Wildman–Crippen MR) is 94.6 cm³/mol. The van der Waals surface area contributed by atoms with Gasteiger partial charge in [-0.3, -0.25) is 14.3 Å². The minimum absolute atomic E-state index is 0. The van der Waals surface area contributed by atoms with Crippen LogP contribution in [0.2, 0.25) is 0 Å². The Labute approximate surface area is 149 Å². The molecule has 0 aromatic carbocycles. The first kappa shape index (κ1) is 23.9. The topological polar surface area (TPSA) is 93.2 Å². The number of carbonyl (C=O) groups is 2. The molecular formula is C14H27Cl2N5O2. The van der Waals surface area contributed by atoms with E-state index >= 15 is 0 Å². The molecule has 0 spiro atoms. The third-order valence-corrected chi connectivity index (χ3v) is 3.30. The van der Waals surface area contributed by atoms with E-state index < -0.39 is 6.04 Å². The van der Waals surface area contributed by atoms with Gasteiger partial charge in [-0.1, -0.05) is 13.8 Å². The van der Waals surface area contributed by atoms with Gasteiger partial charge < -0.3 is 16.0 Å². The Kier molecular flexibility index (Phi) is 11.7. The average molecular weight is 368 g/mol. The number of amides is 2. The van der Waals surface area contributed by atoms with E-state index in [2.05, 4.69) is 10.4 Å². The largest absolute Gasteiger partial charge is 0.346 e. The summed E-state index contributed by atoms with van der Waals surface area (Å²) in [5.74, 6) is -0.390. The molecule has 0 saturated carbocycles. The van der Waals surface area contributed by atoms with E-state index in [0.717, 1.165) is 5.56 Å². The van der Waals surface area contributed by atoms with Gasteiger partial charge in [-0.15, -0.1) is 24.8 Å². The van der Waals surface area contributed by atoms with Gasteiger partial charge in [0.15, 0.2) is 0 Å². The summed E-state index contributed by atoms with van der Waals surface area (Å²) in [5, 5.41) is 6.67. The van der Waals surface area contributed by atoms with Gasteiger partial charge in [0.2, 0.25) is 11.8 Å². The predicted octanol–water partition coefficient (Wildman–Crippen LogP) is 0.712. The van der Waals surface area contributed by atoms with Crippen LogP contribution in [-0.2, 0) is 23.2 Å². The van der Waals surface area contributed by atoms with Crippen LogP contribution in [0, 0.1) is 5.92 Å². The molecule has 1 atom stereocenters. The number of nitrogens with zero attached hydrogens (tertiary/aromatic N) is 3. The standard InChI is InChI=1S/C14H25N5O2.2ClH/c1-5-19(9-11-6-17-18(4)8-11)12(20)7-16-14(21)13(15)10(2)3;;/h6,8,10,13H,5,7,9,15H2,1-4H3,(H,16,21);2*1H/t13-;;/m0../s1. The molecule has 0 bridgehead atoms. The van der Waals surface area contributed by atoms with Crippen molar-refractivity contribution in [3.8, 4) is 0 Å². The van der Waals surface area contributed by atoms with Crippen molar-refractivity contribution in [3.05, 3.63) is 18.0 Å². The molecule has 1 rings (SSSR count). The molecule has 0 saturated heterocycles. The number of hydrogen-bond donors (Lipinski definition) is 2. The molecular weight excluding hydrogens is 341 g/mol. The highest BCUT2D eigenvalue weighted by Gasteiger charge is 2.19. The quantitative estimate of drug-likeness (QED) is 0.741. The number of nitrogens with one attached hydrogen (secondary N) is 1. The van der Waals surface area contributed by atoms with E-state index in [4.69, 9.17) is 5.73 Å². The van der Waals surface area contributed by atoms with E-state index in [9.17, 15) is 9.59 Å². The zero-order valence-corrected chi connectivity index (χ0v) is 15.6. The summed E-state index contributed by atoms with van der Waals surface area (Å²) < 4.78 is 1.69. The summed E-state index contributed by atoms with van der Waals surface area (Å²) in [5.41, 5.74) is 6.69. The van der Waals surface area contributed by atoms with Crippen LogP contribution in [0.5, 0.6) is 0 Å². The molecule has 9 heteroatoms. The van der Waals surface area contributed by atoms with Crippen molar-refractivity contribution in [2.45, 2.75) is 33.4 Å². The number of nitrogens with two attached hydrogens (primary N) is 1. The molecule has 0 fully saturated rings. The summed E-state index contributed by atoms with van der Waals surface area (Å²) in [6.07, 6.45) is 3.59. The molecule has 2 amide bonds. The SMILES string of the molecule is CCN(Cc1cnn(C)c1)C(=O)CNC(=O)[C@@H](N)C(C)C.Cl.Cl. The van der Waals surface area contributed by atoms with Gasteiger partial charge in [-0.2, -0.15) is 5.10 Å². The third kappa shape index (κ3) is 7.67. The van der Waals surface area contributed by atoms with Crippen LogP contribution in [0.15, 0.2) is 12.4 Å². The normalized spacial score (nSPS) is 11.2. The third-order valence-electron chi connectivity index (χ3n) is 3.30. The van der Waals surface area contributed by atoms with E-state index in [0.29, 0.717) is 13.1 Å². The van der Waals surface area contributed by atoms with Crippen LogP contribution < -0.4 is 11.1 Å². The maximum atomic E-state index is 12.1. The van der Waals surface area contributed by atoms with Gasteiger partial charge in [0.25, 0.3) is 0 Å². The van der Waals surface area contributed by atoms with Crippen molar-refractivity contribution in [1.82, 2.24) is 20.0 Å². The Balaban J connectivity index is 0. The second kappa shape index (κ2) is 11.3. The number of carbonyl (C=O) groups excluding carboxylic acids is 2. The highest BCUT2D eigenvalue weighted by molar-refractivity contribution is 5.87. The van der Waals surface area contributed by atoms with Gasteiger partial charge >= 0.3 is 0 Å². The minimum Gasteiger partial charge on any atom is -0.346 e. The number of aryl methyl sites for hydroxylation is 1. The van der Waals surface area contributed by atoms with Gasteiger partial charge in [-0.05, 0) is 12.8 Å². The lowest BCUT2D eigenvalue weighted by Crippen LogP contribution is -2.47. The van der Waals surface area contributed by atoms with Crippen molar-refractivity contribution in [3.63, 3.8) is 0 Å². The Bertz CT molecular complexity index is 493. The highest BCUT2D eigenvalue weighted by Crippen LogP contribution is 2.03. The van der Waals surface area contributed by atoms with Crippen molar-refractivity contribution in [2.75, 3.05) is 13.1 Å². The van der Waals surface area contributed by atoms with Crippen molar-refractivity contribution >= 4 is 36.6 Å². The Morgan fingerprint density at radius 3 is 2.43 bits per heavy atom. The molecule has 23 heavy (non-hydrogen) atoms. The van der Waals surface area contributed by atoms with Crippen molar-refractivity contribution < 1.29 is 9.59 Å². The Morgan fingerprint density at radius 1 is 1.39 bits per heavy atom. The van der Waals surface area contributed by atoms with Crippen molar-refractivity contribution in [2.24, 2.45) is 18.7 Å². The van der Waals surface area contributed by atoms with E-state index in [1.807, 2.05) is 34.0 Å². The minimum atomic E-state index is -0.591. The number of halogens is 2. The number of likely N-dealkylation sites (N-methyl/N-ethyl adjacent to an activating group) is 1. The number of aromatic nitrogens is 2. The van der Waals surface area contributed by atoms with Crippen LogP contribution in [0.4, 0.5) is 0 Å². The molecule has 1 aromatic heterocycles. The fourth-order valence-electron chi connectivity index (χ4n) is 1.85. The summed E-state index contributed by atoms with van der Waals surface area (Å²) in [7, 11) is 1.83. The second-order valence-electron chi connectivity index (χ2n) is 5.42. The first-order chi connectivity index (χ1) is 9.85. The highest BCUT2D eigenvalue weighted by atomic mass is 35.5. The fourth-order valence-corrected chi connectivity index (χ4v) is 1.85. The molecule has 3 N–H and O–H groups in total. The number of rotatable bonds is 7. The van der Waals surface area contributed by atoms with Gasteiger partial charge in [0.05, 0.1) is 18.8 Å². The monoisotopic (exact) mass is 367 g/mol. The lowest BCUT2D eigenvalue weighted by atomic mass is 10.1. The van der Waals surface area contributed by atoms with Crippen LogP contribution in [0.25, 0.3) is 0 Å². The maximum absolute atomic E-state index is 12.1. The molecule has 1 heterocycles. The average Bonchev–Trinajstić information content (AvgIpc) is 2.86. The number of hydrogen-bond acceptors (Lipinski definition) is 4. The smallest absolute Gasteiger partial charge is 0.242 e. The summed E-state index contributed by atoms with van der Waals surface area (Å²) in [6, 6.07) is -0.591. The van der Waals surface area contributed by atoms with E-state index in [-0.39, 0.29) is 49.1 Å². The first-order valence-corrected chi connectivity index (χ1v) is 7.13. The molecule has 0 aliphatic carbocycles. The van der Waals surface area contributed by atoms with Crippen LogP contribution in [0.3, 0.4) is 0 Å². The Morgan fingerprint density at radius 2 is 2.00 bits per heavy atom. The summed E-state index contributed by atoms with van der Waals surface area (Å²) >= 11 is 0. The van der Waals surface area contributed by atoms with Gasteiger partial charge in [0, 0.05) is 31.9 Å². The van der Waals surface area contributed by atoms with Crippen LogP contribution >= 0.6 is 24.8 Å². The lowest BCUT2D eigenvalue weighted by molar-refractivity contribution is -0.133. The molecule has 134 valence electrons. The lowest BCUT2D eigenvalue weighted by Gasteiger charge is -2.21. The zero-order chi connectivity index (χ0) is 16.0.